The Bertz CT molecular complexity index is 388. The maximum Gasteiger partial charge on any atom is 0.0682 e. The Morgan fingerprint density at radius 1 is 1.11 bits per heavy atom. The third kappa shape index (κ3) is 5.26. The van der Waals surface area contributed by atoms with Crippen LogP contribution in [0.4, 0.5) is 5.69 Å². The monoisotopic (exact) mass is 301 g/mol. The van der Waals surface area contributed by atoms with Crippen molar-refractivity contribution in [3.8, 4) is 0 Å². The van der Waals surface area contributed by atoms with Gasteiger partial charge in [-0.3, -0.25) is 0 Å². The topological polar surface area (TPSA) is 43.7 Å². The fraction of sp³-hybridized carbons (Fsp3) is 0.571. The van der Waals surface area contributed by atoms with E-state index in [0.29, 0.717) is 0 Å². The number of aliphatic hydroxyl groups is 2. The van der Waals surface area contributed by atoms with Crippen LogP contribution < -0.4 is 4.90 Å². The summed E-state index contributed by atoms with van der Waals surface area (Å²) in [6.45, 7) is 5.33. The van der Waals surface area contributed by atoms with Crippen molar-refractivity contribution < 1.29 is 10.2 Å². The molecule has 19 heavy (non-hydrogen) atoms. The third-order valence-corrected chi connectivity index (χ3v) is 5.37. The van der Waals surface area contributed by atoms with Gasteiger partial charge in [0.05, 0.1) is 13.2 Å². The molecule has 5 heteroatoms. The Hall–Kier alpha value is -0.360. The summed E-state index contributed by atoms with van der Waals surface area (Å²) in [5.74, 6) is 0. The summed E-state index contributed by atoms with van der Waals surface area (Å²) in [5, 5.41) is 18.5. The second-order valence-electron chi connectivity index (χ2n) is 5.19. The van der Waals surface area contributed by atoms with E-state index >= 15 is 0 Å². The number of rotatable bonds is 7. The lowest BCUT2D eigenvalue weighted by Gasteiger charge is -2.30. The van der Waals surface area contributed by atoms with Crippen LogP contribution in [0.2, 0.25) is 0 Å². The van der Waals surface area contributed by atoms with Crippen LogP contribution in [-0.2, 0) is 13.2 Å². The van der Waals surface area contributed by atoms with Gasteiger partial charge in [0.1, 0.15) is 0 Å². The smallest absolute Gasteiger partial charge is 0.0682 e. The summed E-state index contributed by atoms with van der Waals surface area (Å²) in [6, 6.07) is 5.77. The van der Waals surface area contributed by atoms with Crippen LogP contribution in [0.15, 0.2) is 18.2 Å². The fourth-order valence-electron chi connectivity index (χ4n) is 2.06. The SMILES string of the molecule is CSSC(C)(C)CN(C)c1cc(CO)cc(CO)c1. The summed E-state index contributed by atoms with van der Waals surface area (Å²) in [4.78, 5) is 2.17. The van der Waals surface area contributed by atoms with Gasteiger partial charge in [-0.05, 0) is 43.4 Å². The van der Waals surface area contributed by atoms with E-state index in [1.165, 1.54) is 0 Å². The lowest BCUT2D eigenvalue weighted by atomic mass is 10.1. The van der Waals surface area contributed by atoms with Crippen molar-refractivity contribution >= 4 is 27.3 Å². The van der Waals surface area contributed by atoms with Crippen LogP contribution in [0.25, 0.3) is 0 Å². The minimum absolute atomic E-state index is 0.00235. The van der Waals surface area contributed by atoms with E-state index in [9.17, 15) is 10.2 Å². The number of nitrogens with zero attached hydrogens (tertiary/aromatic N) is 1. The Kier molecular flexibility index (Phi) is 6.53. The Morgan fingerprint density at radius 3 is 2.05 bits per heavy atom. The zero-order valence-corrected chi connectivity index (χ0v) is 13.6. The largest absolute Gasteiger partial charge is 0.392 e. The Balaban J connectivity index is 2.89. The van der Waals surface area contributed by atoms with Crippen LogP contribution >= 0.6 is 21.6 Å². The maximum atomic E-state index is 9.27. The highest BCUT2D eigenvalue weighted by molar-refractivity contribution is 8.76. The van der Waals surface area contributed by atoms with E-state index in [2.05, 4.69) is 25.0 Å². The van der Waals surface area contributed by atoms with Crippen LogP contribution in [0, 0.1) is 0 Å². The molecule has 0 amide bonds. The average Bonchev–Trinajstić information content (AvgIpc) is 2.37. The second kappa shape index (κ2) is 7.43. The number of anilines is 1. The molecule has 1 aromatic carbocycles. The lowest BCUT2D eigenvalue weighted by Crippen LogP contribution is -2.33. The zero-order chi connectivity index (χ0) is 14.5. The van der Waals surface area contributed by atoms with Crippen LogP contribution in [0.3, 0.4) is 0 Å². The first-order chi connectivity index (χ1) is 8.91. The minimum Gasteiger partial charge on any atom is -0.392 e. The Labute approximate surface area is 123 Å². The summed E-state index contributed by atoms with van der Waals surface area (Å²) < 4.78 is 0.142. The lowest BCUT2D eigenvalue weighted by molar-refractivity contribution is 0.275. The quantitative estimate of drug-likeness (QED) is 0.758. The van der Waals surface area contributed by atoms with E-state index in [-0.39, 0.29) is 18.0 Å². The predicted molar refractivity (Wildman–Crippen MR) is 86.7 cm³/mol. The summed E-state index contributed by atoms with van der Waals surface area (Å²) >= 11 is 0. The van der Waals surface area contributed by atoms with Crippen molar-refractivity contribution in [2.75, 3.05) is 24.7 Å². The molecule has 2 N–H and O–H groups in total. The average molecular weight is 301 g/mol. The van der Waals surface area contributed by atoms with Gasteiger partial charge in [-0.25, -0.2) is 0 Å². The predicted octanol–water partition coefficient (Wildman–Crippen LogP) is 2.90. The molecule has 0 saturated carbocycles. The molecule has 0 aliphatic rings. The van der Waals surface area contributed by atoms with Gasteiger partial charge >= 0.3 is 0 Å². The van der Waals surface area contributed by atoms with Gasteiger partial charge in [-0.2, -0.15) is 0 Å². The molecule has 0 spiro atoms. The number of benzene rings is 1. The highest BCUT2D eigenvalue weighted by Gasteiger charge is 2.21. The van der Waals surface area contributed by atoms with E-state index in [0.717, 1.165) is 23.4 Å². The molecule has 0 saturated heterocycles. The van der Waals surface area contributed by atoms with Crippen molar-refractivity contribution in [2.24, 2.45) is 0 Å². The first-order valence-electron chi connectivity index (χ1n) is 6.19. The van der Waals surface area contributed by atoms with Crippen molar-refractivity contribution in [1.82, 2.24) is 0 Å². The number of hydrogen-bond acceptors (Lipinski definition) is 5. The normalized spacial score (nSPS) is 11.7. The molecule has 0 radical (unpaired) electrons. The molecule has 0 unspecified atom stereocenters. The minimum atomic E-state index is -0.00235. The molecule has 0 fully saturated rings. The molecule has 1 rings (SSSR count). The van der Waals surface area contributed by atoms with Crippen molar-refractivity contribution in [3.63, 3.8) is 0 Å². The first kappa shape index (κ1) is 16.7. The molecule has 0 aliphatic carbocycles. The van der Waals surface area contributed by atoms with Gasteiger partial charge < -0.3 is 15.1 Å². The van der Waals surface area contributed by atoms with E-state index in [1.54, 1.807) is 10.8 Å². The summed E-state index contributed by atoms with van der Waals surface area (Å²) in [7, 11) is 5.67. The van der Waals surface area contributed by atoms with Crippen molar-refractivity contribution in [3.05, 3.63) is 29.3 Å². The molecular weight excluding hydrogens is 278 g/mol. The molecule has 0 aliphatic heterocycles. The van der Waals surface area contributed by atoms with Gasteiger partial charge in [0.15, 0.2) is 0 Å². The molecule has 1 aromatic rings. The molecule has 0 atom stereocenters. The van der Waals surface area contributed by atoms with Gasteiger partial charge in [0, 0.05) is 24.0 Å². The molecular formula is C14H23NO2S2. The Morgan fingerprint density at radius 2 is 1.63 bits per heavy atom. The summed E-state index contributed by atoms with van der Waals surface area (Å²) in [5.41, 5.74) is 2.71. The molecule has 3 nitrogen and oxygen atoms in total. The van der Waals surface area contributed by atoms with Crippen LogP contribution in [0.5, 0.6) is 0 Å². The standard InChI is InChI=1S/C14H23NO2S2/c1-14(2,19-18-4)10-15(3)13-6-11(8-16)5-12(7-13)9-17/h5-7,16-17H,8-10H2,1-4H3. The van der Waals surface area contributed by atoms with Gasteiger partial charge in [-0.15, -0.1) is 0 Å². The molecule has 0 heterocycles. The van der Waals surface area contributed by atoms with E-state index in [1.807, 2.05) is 36.0 Å². The van der Waals surface area contributed by atoms with Gasteiger partial charge in [0.25, 0.3) is 0 Å². The second-order valence-corrected chi connectivity index (χ2v) is 8.29. The van der Waals surface area contributed by atoms with E-state index < -0.39 is 0 Å². The van der Waals surface area contributed by atoms with Crippen molar-refractivity contribution in [1.29, 1.82) is 0 Å². The van der Waals surface area contributed by atoms with Gasteiger partial charge in [0.2, 0.25) is 0 Å². The molecule has 0 bridgehead atoms. The zero-order valence-electron chi connectivity index (χ0n) is 12.0. The van der Waals surface area contributed by atoms with Crippen LogP contribution in [0.1, 0.15) is 25.0 Å². The molecule has 108 valence electrons. The highest BCUT2D eigenvalue weighted by atomic mass is 33.1. The molecule has 0 aromatic heterocycles. The maximum absolute atomic E-state index is 9.27. The third-order valence-electron chi connectivity index (χ3n) is 2.77. The first-order valence-corrected chi connectivity index (χ1v) is 8.75. The number of hydrogen-bond donors (Lipinski definition) is 2. The van der Waals surface area contributed by atoms with Crippen LogP contribution in [-0.4, -0.2) is 34.8 Å². The van der Waals surface area contributed by atoms with Crippen molar-refractivity contribution in [2.45, 2.75) is 31.8 Å². The number of aliphatic hydroxyl groups excluding tert-OH is 2. The van der Waals surface area contributed by atoms with E-state index in [4.69, 9.17) is 0 Å². The van der Waals surface area contributed by atoms with Gasteiger partial charge in [-0.1, -0.05) is 27.7 Å². The fourth-order valence-corrected chi connectivity index (χ4v) is 4.27. The summed E-state index contributed by atoms with van der Waals surface area (Å²) in [6.07, 6.45) is 2.09. The highest BCUT2D eigenvalue weighted by Crippen LogP contribution is 2.35.